The van der Waals surface area contributed by atoms with E-state index in [4.69, 9.17) is 23.2 Å². The van der Waals surface area contributed by atoms with Crippen LogP contribution in [0.4, 0.5) is 18.9 Å². The lowest BCUT2D eigenvalue weighted by molar-refractivity contribution is -0.137. The molecule has 0 aromatic heterocycles. The third-order valence-electron chi connectivity index (χ3n) is 5.16. The normalized spacial score (nSPS) is 11.8. The number of carbonyl (C=O) groups excluding carboxylic acids is 1. The van der Waals surface area contributed by atoms with Crippen molar-refractivity contribution >= 4 is 56.6 Å². The van der Waals surface area contributed by atoms with Crippen LogP contribution in [0.3, 0.4) is 0 Å². The maximum absolute atomic E-state index is 13.4. The zero-order chi connectivity index (χ0) is 27.1. The summed E-state index contributed by atoms with van der Waals surface area (Å²) in [5, 5.41) is 2.74. The zero-order valence-corrected chi connectivity index (χ0v) is 22.5. The molecule has 0 saturated carbocycles. The molecule has 0 bridgehead atoms. The van der Waals surface area contributed by atoms with Crippen molar-refractivity contribution in [2.75, 3.05) is 23.1 Å². The van der Waals surface area contributed by atoms with Gasteiger partial charge in [0, 0.05) is 17.3 Å². The van der Waals surface area contributed by atoms with Crippen LogP contribution in [0.5, 0.6) is 0 Å². The van der Waals surface area contributed by atoms with Gasteiger partial charge in [0.1, 0.15) is 6.54 Å². The lowest BCUT2D eigenvalue weighted by Crippen LogP contribution is -2.41. The first-order chi connectivity index (χ1) is 17.5. The summed E-state index contributed by atoms with van der Waals surface area (Å²) in [6, 6.07) is 17.4. The van der Waals surface area contributed by atoms with Crippen molar-refractivity contribution in [3.8, 4) is 0 Å². The monoisotopic (exact) mass is 590 g/mol. The Morgan fingerprint density at radius 2 is 1.62 bits per heavy atom. The van der Waals surface area contributed by atoms with E-state index < -0.39 is 39.2 Å². The summed E-state index contributed by atoms with van der Waals surface area (Å²) in [7, 11) is -4.35. The molecule has 0 aliphatic heterocycles. The quantitative estimate of drug-likeness (QED) is 0.254. The number of thioether (sulfide) groups is 1. The molecular formula is C25H23Cl2F3N2O3S2. The molecule has 1 N–H and O–H groups in total. The minimum atomic E-state index is -4.81. The number of sulfonamides is 1. The fraction of sp³-hybridized carbons (Fsp3) is 0.240. The van der Waals surface area contributed by atoms with Gasteiger partial charge in [0.2, 0.25) is 5.91 Å². The van der Waals surface area contributed by atoms with E-state index in [9.17, 15) is 26.4 Å². The van der Waals surface area contributed by atoms with Crippen LogP contribution in [0.1, 0.15) is 17.5 Å². The number of rotatable bonds is 11. The molecule has 5 nitrogen and oxygen atoms in total. The average Bonchev–Trinajstić information content (AvgIpc) is 2.86. The summed E-state index contributed by atoms with van der Waals surface area (Å²) in [6.45, 7) is -0.440. The van der Waals surface area contributed by atoms with Gasteiger partial charge in [0.05, 0.1) is 21.2 Å². The number of hydrogen-bond acceptors (Lipinski definition) is 4. The van der Waals surface area contributed by atoms with E-state index in [1.54, 1.807) is 17.8 Å². The second kappa shape index (κ2) is 12.9. The van der Waals surface area contributed by atoms with Gasteiger partial charge < -0.3 is 5.32 Å². The highest BCUT2D eigenvalue weighted by molar-refractivity contribution is 7.98. The van der Waals surface area contributed by atoms with E-state index in [0.29, 0.717) is 33.3 Å². The first kappa shape index (κ1) is 29.2. The van der Waals surface area contributed by atoms with Crippen LogP contribution >= 0.6 is 35.0 Å². The number of benzene rings is 3. The number of nitrogens with one attached hydrogen (secondary N) is 1. The Hall–Kier alpha value is -2.40. The van der Waals surface area contributed by atoms with Crippen molar-refractivity contribution in [1.82, 2.24) is 5.32 Å². The number of hydrogen-bond donors (Lipinski definition) is 1. The molecule has 37 heavy (non-hydrogen) atoms. The molecule has 198 valence electrons. The number of anilines is 1. The van der Waals surface area contributed by atoms with Crippen LogP contribution < -0.4 is 9.62 Å². The summed E-state index contributed by atoms with van der Waals surface area (Å²) >= 11 is 13.5. The molecule has 0 radical (unpaired) electrons. The molecular weight excluding hydrogens is 568 g/mol. The lowest BCUT2D eigenvalue weighted by atomic mass is 10.2. The molecule has 1 amide bonds. The fourth-order valence-electron chi connectivity index (χ4n) is 3.31. The lowest BCUT2D eigenvalue weighted by Gasteiger charge is -2.25. The predicted molar refractivity (Wildman–Crippen MR) is 143 cm³/mol. The molecule has 0 atom stereocenters. The Morgan fingerprint density at radius 1 is 0.946 bits per heavy atom. The third-order valence-corrected chi connectivity index (χ3v) is 8.74. The zero-order valence-electron chi connectivity index (χ0n) is 19.3. The number of halogens is 5. The van der Waals surface area contributed by atoms with Crippen LogP contribution in [0.25, 0.3) is 0 Å². The van der Waals surface area contributed by atoms with E-state index in [-0.39, 0.29) is 17.1 Å². The minimum Gasteiger partial charge on any atom is -0.354 e. The Kier molecular flexibility index (Phi) is 10.2. The smallest absolute Gasteiger partial charge is 0.354 e. The highest BCUT2D eigenvalue weighted by Gasteiger charge is 2.35. The van der Waals surface area contributed by atoms with E-state index in [2.05, 4.69) is 5.32 Å². The first-order valence-electron chi connectivity index (χ1n) is 11.0. The van der Waals surface area contributed by atoms with Gasteiger partial charge in [-0.1, -0.05) is 59.6 Å². The third kappa shape index (κ3) is 8.04. The number of carbonyl (C=O) groups is 1. The van der Waals surface area contributed by atoms with Gasteiger partial charge in [0.15, 0.2) is 0 Å². The van der Waals surface area contributed by atoms with Crippen molar-refractivity contribution < 1.29 is 26.4 Å². The van der Waals surface area contributed by atoms with Gasteiger partial charge in [0.25, 0.3) is 10.0 Å². The van der Waals surface area contributed by atoms with Crippen LogP contribution in [0.15, 0.2) is 77.7 Å². The second-order valence-electron chi connectivity index (χ2n) is 7.83. The molecule has 0 aliphatic rings. The van der Waals surface area contributed by atoms with Gasteiger partial charge >= 0.3 is 6.18 Å². The van der Waals surface area contributed by atoms with Gasteiger partial charge in [-0.05, 0) is 54.1 Å². The Balaban J connectivity index is 1.69. The molecule has 0 unspecified atom stereocenters. The highest BCUT2D eigenvalue weighted by atomic mass is 35.5. The average molecular weight is 592 g/mol. The molecule has 0 heterocycles. The van der Waals surface area contributed by atoms with Crippen molar-refractivity contribution in [3.05, 3.63) is 94.0 Å². The van der Waals surface area contributed by atoms with Gasteiger partial charge in [-0.15, -0.1) is 0 Å². The molecule has 0 aliphatic carbocycles. The Morgan fingerprint density at radius 3 is 2.30 bits per heavy atom. The highest BCUT2D eigenvalue weighted by Crippen LogP contribution is 2.38. The van der Waals surface area contributed by atoms with Crippen LogP contribution in [0, 0.1) is 0 Å². The molecule has 0 spiro atoms. The van der Waals surface area contributed by atoms with Crippen molar-refractivity contribution in [2.45, 2.75) is 23.2 Å². The van der Waals surface area contributed by atoms with E-state index in [1.165, 1.54) is 24.3 Å². The van der Waals surface area contributed by atoms with E-state index in [1.807, 2.05) is 24.3 Å². The molecule has 0 fully saturated rings. The largest absolute Gasteiger partial charge is 0.417 e. The summed E-state index contributed by atoms with van der Waals surface area (Å²) in [5.74, 6) is 0.762. The van der Waals surface area contributed by atoms with E-state index in [0.717, 1.165) is 17.7 Å². The topological polar surface area (TPSA) is 66.5 Å². The van der Waals surface area contributed by atoms with Crippen LogP contribution in [0.2, 0.25) is 10.0 Å². The standard InChI is InChI=1S/C25H23Cl2F3N2O3S2/c26-22-10-5-4-7-18(22)17-36-14-6-13-31-24(33)16-32(37(34,35)20-8-2-1-3-9-20)19-11-12-23(27)21(15-19)25(28,29)30/h1-5,7-12,15H,6,13-14,16-17H2,(H,31,33). The maximum atomic E-state index is 13.4. The molecule has 3 aromatic rings. The maximum Gasteiger partial charge on any atom is 0.417 e. The van der Waals surface area contributed by atoms with Crippen molar-refractivity contribution in [2.24, 2.45) is 0 Å². The first-order valence-corrected chi connectivity index (χ1v) is 14.4. The van der Waals surface area contributed by atoms with Crippen LogP contribution in [-0.2, 0) is 26.7 Å². The summed E-state index contributed by atoms with van der Waals surface area (Å²) in [5.41, 5.74) is -0.525. The number of alkyl halides is 3. The molecule has 3 rings (SSSR count). The number of nitrogens with zero attached hydrogens (tertiary/aromatic N) is 1. The summed E-state index contributed by atoms with van der Waals surface area (Å²) in [4.78, 5) is 12.5. The Bertz CT molecular complexity index is 1320. The summed E-state index contributed by atoms with van der Waals surface area (Å²) in [6.07, 6.45) is -4.20. The minimum absolute atomic E-state index is 0.165. The Labute approximate surface area is 228 Å². The fourth-order valence-corrected chi connectivity index (χ4v) is 6.21. The molecule has 12 heteroatoms. The van der Waals surface area contributed by atoms with Gasteiger partial charge in [-0.3, -0.25) is 9.10 Å². The second-order valence-corrected chi connectivity index (χ2v) is 11.6. The van der Waals surface area contributed by atoms with Crippen molar-refractivity contribution in [3.63, 3.8) is 0 Å². The van der Waals surface area contributed by atoms with Gasteiger partial charge in [-0.2, -0.15) is 24.9 Å². The van der Waals surface area contributed by atoms with Crippen molar-refractivity contribution in [1.29, 1.82) is 0 Å². The summed E-state index contributed by atoms with van der Waals surface area (Å²) < 4.78 is 67.6. The van der Waals surface area contributed by atoms with Crippen LogP contribution in [-0.4, -0.2) is 33.2 Å². The predicted octanol–water partition coefficient (Wildman–Crippen LogP) is 6.65. The van der Waals surface area contributed by atoms with E-state index >= 15 is 0 Å². The number of amides is 1. The van der Waals surface area contributed by atoms with Gasteiger partial charge in [-0.25, -0.2) is 8.42 Å². The molecule has 0 saturated heterocycles. The molecule has 3 aromatic carbocycles. The SMILES string of the molecule is O=C(CN(c1ccc(Cl)c(C(F)(F)F)c1)S(=O)(=O)c1ccccc1)NCCCSCc1ccccc1Cl.